The van der Waals surface area contributed by atoms with Gasteiger partial charge >= 0.3 is 6.36 Å². The molecule has 5 rings (SSSR count). The molecule has 1 aliphatic rings. The Hall–Kier alpha value is -4.10. The fourth-order valence-electron chi connectivity index (χ4n) is 4.10. The Morgan fingerprint density at radius 3 is 2.76 bits per heavy atom. The lowest BCUT2D eigenvalue weighted by Gasteiger charge is -2.26. The van der Waals surface area contributed by atoms with E-state index in [9.17, 15) is 18.0 Å². The van der Waals surface area contributed by atoms with E-state index in [1.807, 2.05) is 18.2 Å². The number of carbonyl (C=O) groups excluding carboxylic acids is 1. The number of morpholine rings is 1. The quantitative estimate of drug-likeness (QED) is 0.341. The second-order valence-electron chi connectivity index (χ2n) is 8.34. The molecule has 13 heteroatoms. The van der Waals surface area contributed by atoms with Crippen molar-refractivity contribution in [2.45, 2.75) is 12.9 Å². The summed E-state index contributed by atoms with van der Waals surface area (Å²) in [5, 5.41) is 9.53. The highest BCUT2D eigenvalue weighted by atomic mass is 19.4. The number of amides is 1. The van der Waals surface area contributed by atoms with Gasteiger partial charge in [0.25, 0.3) is 5.91 Å². The predicted molar refractivity (Wildman–Crippen MR) is 127 cm³/mol. The predicted octanol–water partition coefficient (Wildman–Crippen LogP) is 3.94. The van der Waals surface area contributed by atoms with Crippen molar-refractivity contribution in [2.24, 2.45) is 0 Å². The van der Waals surface area contributed by atoms with E-state index >= 15 is 0 Å². The standard InChI is InChI=1S/C24H23F3N6O4/c1-35-20-5-3-15(37-24(25,26)27)11-16(20)23(34)31-19-12-28-32-21(19)22-29-17-4-2-14(10-18(17)30-22)13-33-6-8-36-9-7-33/h2-5,10-12H,6-9,13H2,1H3,(H,28,32)(H,29,30)(H,31,34). The normalized spacial score (nSPS) is 14.6. The fourth-order valence-corrected chi connectivity index (χ4v) is 4.10. The molecule has 37 heavy (non-hydrogen) atoms. The molecule has 0 aliphatic carbocycles. The van der Waals surface area contributed by atoms with Gasteiger partial charge in [-0.1, -0.05) is 6.07 Å². The van der Waals surface area contributed by atoms with Crippen LogP contribution in [0.25, 0.3) is 22.6 Å². The van der Waals surface area contributed by atoms with Crippen LogP contribution in [-0.4, -0.2) is 70.7 Å². The van der Waals surface area contributed by atoms with Crippen LogP contribution in [0, 0.1) is 0 Å². The number of H-pyrrole nitrogens is 2. The first kappa shape index (κ1) is 24.6. The van der Waals surface area contributed by atoms with E-state index in [2.05, 4.69) is 35.1 Å². The number of nitrogens with zero attached hydrogens (tertiary/aromatic N) is 3. The summed E-state index contributed by atoms with van der Waals surface area (Å²) >= 11 is 0. The molecule has 0 atom stereocenters. The monoisotopic (exact) mass is 516 g/mol. The number of methoxy groups -OCH3 is 1. The second-order valence-corrected chi connectivity index (χ2v) is 8.34. The summed E-state index contributed by atoms with van der Waals surface area (Å²) in [7, 11) is 1.31. The van der Waals surface area contributed by atoms with Crippen LogP contribution in [0.1, 0.15) is 15.9 Å². The zero-order chi connectivity index (χ0) is 26.0. The minimum atomic E-state index is -4.90. The Kier molecular flexibility index (Phi) is 6.72. The Balaban J connectivity index is 1.37. The summed E-state index contributed by atoms with van der Waals surface area (Å²) < 4.78 is 52.4. The van der Waals surface area contributed by atoms with Crippen LogP contribution < -0.4 is 14.8 Å². The van der Waals surface area contributed by atoms with Gasteiger partial charge < -0.3 is 24.5 Å². The molecule has 2 aromatic heterocycles. The van der Waals surface area contributed by atoms with Crippen molar-refractivity contribution in [1.29, 1.82) is 0 Å². The van der Waals surface area contributed by atoms with Crippen molar-refractivity contribution in [3.63, 3.8) is 0 Å². The molecule has 1 fully saturated rings. The van der Waals surface area contributed by atoms with E-state index in [1.165, 1.54) is 19.4 Å². The van der Waals surface area contributed by atoms with Gasteiger partial charge in [-0.3, -0.25) is 14.8 Å². The van der Waals surface area contributed by atoms with Crippen molar-refractivity contribution in [3.05, 3.63) is 53.7 Å². The fraction of sp³-hybridized carbons (Fsp3) is 0.292. The number of rotatable bonds is 7. The molecular weight excluding hydrogens is 493 g/mol. The van der Waals surface area contributed by atoms with Crippen LogP contribution in [0.5, 0.6) is 11.5 Å². The largest absolute Gasteiger partial charge is 0.573 e. The molecule has 194 valence electrons. The second kappa shape index (κ2) is 10.1. The Labute approximate surface area is 208 Å². The number of hydrogen-bond acceptors (Lipinski definition) is 7. The van der Waals surface area contributed by atoms with Gasteiger partial charge in [0.15, 0.2) is 11.5 Å². The number of nitrogens with one attached hydrogen (secondary N) is 3. The zero-order valence-corrected chi connectivity index (χ0v) is 19.7. The SMILES string of the molecule is COc1ccc(OC(F)(F)F)cc1C(=O)Nc1c[nH]nc1-c1nc2cc(CN3CCOCC3)ccc2[nH]1. The van der Waals surface area contributed by atoms with Gasteiger partial charge in [0.1, 0.15) is 11.5 Å². The molecule has 3 heterocycles. The van der Waals surface area contributed by atoms with Gasteiger partial charge in [-0.15, -0.1) is 13.2 Å². The average Bonchev–Trinajstić information content (AvgIpc) is 3.50. The number of anilines is 1. The van der Waals surface area contributed by atoms with Crippen LogP contribution in [0.4, 0.5) is 18.9 Å². The molecule has 0 bridgehead atoms. The molecule has 0 radical (unpaired) electrons. The third-order valence-electron chi connectivity index (χ3n) is 5.82. The maximum Gasteiger partial charge on any atom is 0.573 e. The maximum absolute atomic E-state index is 13.0. The lowest BCUT2D eigenvalue weighted by molar-refractivity contribution is -0.274. The highest BCUT2D eigenvalue weighted by Crippen LogP contribution is 2.31. The minimum Gasteiger partial charge on any atom is -0.496 e. The third kappa shape index (κ3) is 5.67. The summed E-state index contributed by atoms with van der Waals surface area (Å²) in [6, 6.07) is 9.19. The van der Waals surface area contributed by atoms with Crippen molar-refractivity contribution >= 4 is 22.6 Å². The molecule has 0 spiro atoms. The molecule has 1 aliphatic heterocycles. The number of halogens is 3. The zero-order valence-electron chi connectivity index (χ0n) is 19.7. The van der Waals surface area contributed by atoms with Crippen molar-refractivity contribution in [1.82, 2.24) is 25.1 Å². The molecule has 0 unspecified atom stereocenters. The average molecular weight is 516 g/mol. The Morgan fingerprint density at radius 1 is 1.19 bits per heavy atom. The highest BCUT2D eigenvalue weighted by Gasteiger charge is 2.32. The van der Waals surface area contributed by atoms with Gasteiger partial charge in [-0.2, -0.15) is 5.10 Å². The smallest absolute Gasteiger partial charge is 0.496 e. The van der Waals surface area contributed by atoms with Crippen LogP contribution in [-0.2, 0) is 11.3 Å². The Morgan fingerprint density at radius 2 is 2.00 bits per heavy atom. The van der Waals surface area contributed by atoms with E-state index in [0.717, 1.165) is 48.4 Å². The van der Waals surface area contributed by atoms with Crippen molar-refractivity contribution in [3.8, 4) is 23.0 Å². The van der Waals surface area contributed by atoms with Crippen molar-refractivity contribution < 1.29 is 32.2 Å². The summed E-state index contributed by atoms with van der Waals surface area (Å²) in [5.74, 6) is -0.767. The van der Waals surface area contributed by atoms with Crippen LogP contribution in [0.3, 0.4) is 0 Å². The topological polar surface area (TPSA) is 117 Å². The van der Waals surface area contributed by atoms with Crippen LogP contribution >= 0.6 is 0 Å². The number of fused-ring (bicyclic) bond motifs is 1. The van der Waals surface area contributed by atoms with E-state index in [-0.39, 0.29) is 17.0 Å². The number of carbonyl (C=O) groups is 1. The van der Waals surface area contributed by atoms with Gasteiger partial charge in [0.05, 0.1) is 42.6 Å². The summed E-state index contributed by atoms with van der Waals surface area (Å²) in [6.07, 6.45) is -3.45. The lowest BCUT2D eigenvalue weighted by Crippen LogP contribution is -2.35. The molecule has 10 nitrogen and oxygen atoms in total. The van der Waals surface area contributed by atoms with Gasteiger partial charge in [0.2, 0.25) is 0 Å². The highest BCUT2D eigenvalue weighted by molar-refractivity contribution is 6.07. The molecule has 2 aromatic carbocycles. The van der Waals surface area contributed by atoms with E-state index < -0.39 is 18.0 Å². The number of aromatic nitrogens is 4. The summed E-state index contributed by atoms with van der Waals surface area (Å²) in [5.41, 5.74) is 3.10. The van der Waals surface area contributed by atoms with Crippen molar-refractivity contribution in [2.75, 3.05) is 38.7 Å². The molecule has 0 saturated carbocycles. The van der Waals surface area contributed by atoms with Gasteiger partial charge in [-0.05, 0) is 35.9 Å². The molecule has 1 amide bonds. The summed E-state index contributed by atoms with van der Waals surface area (Å²) in [4.78, 5) is 23.1. The molecule has 4 aromatic rings. The molecule has 3 N–H and O–H groups in total. The third-order valence-corrected chi connectivity index (χ3v) is 5.82. The number of alkyl halides is 3. The summed E-state index contributed by atoms with van der Waals surface area (Å²) in [6.45, 7) is 3.96. The first-order valence-corrected chi connectivity index (χ1v) is 11.4. The van der Waals surface area contributed by atoms with E-state index in [4.69, 9.17) is 9.47 Å². The molecular formula is C24H23F3N6O4. The van der Waals surface area contributed by atoms with E-state index in [0.29, 0.717) is 24.7 Å². The van der Waals surface area contributed by atoms with E-state index in [1.54, 1.807) is 0 Å². The number of benzene rings is 2. The number of aromatic amines is 2. The maximum atomic E-state index is 13.0. The Bertz CT molecular complexity index is 1410. The van der Waals surface area contributed by atoms with Gasteiger partial charge in [-0.25, -0.2) is 4.98 Å². The molecule has 1 saturated heterocycles. The first-order chi connectivity index (χ1) is 17.8. The van der Waals surface area contributed by atoms with Gasteiger partial charge in [0, 0.05) is 25.8 Å². The van der Waals surface area contributed by atoms with Crippen LogP contribution in [0.15, 0.2) is 42.6 Å². The number of hydrogen-bond donors (Lipinski definition) is 3. The number of ether oxygens (including phenoxy) is 3. The minimum absolute atomic E-state index is 0.0774. The van der Waals surface area contributed by atoms with Crippen LogP contribution in [0.2, 0.25) is 0 Å². The lowest BCUT2D eigenvalue weighted by atomic mass is 10.1. The first-order valence-electron chi connectivity index (χ1n) is 11.4. The number of imidazole rings is 1.